The third-order valence-electron chi connectivity index (χ3n) is 2.22. The van der Waals surface area contributed by atoms with Crippen molar-refractivity contribution in [2.45, 2.75) is 26.7 Å². The van der Waals surface area contributed by atoms with Crippen molar-refractivity contribution >= 4 is 23.9 Å². The van der Waals surface area contributed by atoms with E-state index in [1.807, 2.05) is 0 Å². The molecule has 0 fully saturated rings. The van der Waals surface area contributed by atoms with Crippen LogP contribution >= 0.6 is 0 Å². The number of esters is 2. The Kier molecular flexibility index (Phi) is 9.49. The highest BCUT2D eigenvalue weighted by Crippen LogP contribution is 2.03. The van der Waals surface area contributed by atoms with Crippen molar-refractivity contribution < 1.29 is 43.6 Å². The summed E-state index contributed by atoms with van der Waals surface area (Å²) in [6.45, 7) is 2.42. The van der Waals surface area contributed by atoms with Crippen LogP contribution in [0.15, 0.2) is 23.7 Å². The Bertz CT molecular complexity index is 470. The van der Waals surface area contributed by atoms with E-state index in [1.165, 1.54) is 13.8 Å². The lowest BCUT2D eigenvalue weighted by Gasteiger charge is -2.04. The van der Waals surface area contributed by atoms with Gasteiger partial charge < -0.3 is 24.4 Å². The van der Waals surface area contributed by atoms with Crippen LogP contribution in [0, 0.1) is 0 Å². The van der Waals surface area contributed by atoms with E-state index in [0.717, 1.165) is 12.5 Å². The maximum absolute atomic E-state index is 11.6. The summed E-state index contributed by atoms with van der Waals surface area (Å²) in [6.07, 6.45) is 1.54. The number of ether oxygens (including phenoxy) is 3. The number of hydrogen-bond donors (Lipinski definition) is 2. The highest BCUT2D eigenvalue weighted by molar-refractivity contribution is 6.01. The van der Waals surface area contributed by atoms with Gasteiger partial charge in [-0.2, -0.15) is 0 Å². The second-order valence-electron chi connectivity index (χ2n) is 4.31. The first kappa shape index (κ1) is 20.2. The summed E-state index contributed by atoms with van der Waals surface area (Å²) in [5.74, 6) is -4.00. The topological polar surface area (TPSA) is 136 Å². The molecule has 0 rings (SSSR count). The third kappa shape index (κ3) is 10.5. The average molecular weight is 330 g/mol. The van der Waals surface area contributed by atoms with E-state index in [-0.39, 0.29) is 37.2 Å². The minimum Gasteiger partial charge on any atom is -0.500 e. The molecule has 0 heterocycles. The van der Waals surface area contributed by atoms with E-state index in [9.17, 15) is 19.2 Å². The van der Waals surface area contributed by atoms with E-state index in [2.05, 4.69) is 4.74 Å². The van der Waals surface area contributed by atoms with Crippen LogP contribution in [0.4, 0.5) is 0 Å². The average Bonchev–Trinajstić information content (AvgIpc) is 2.46. The lowest BCUT2D eigenvalue weighted by atomic mass is 10.3. The molecule has 0 atom stereocenters. The fourth-order valence-corrected chi connectivity index (χ4v) is 1.00. The van der Waals surface area contributed by atoms with Gasteiger partial charge >= 0.3 is 23.9 Å². The molecule has 0 unspecified atom stereocenters. The van der Waals surface area contributed by atoms with Crippen molar-refractivity contribution in [2.24, 2.45) is 0 Å². The lowest BCUT2D eigenvalue weighted by molar-refractivity contribution is -0.154. The van der Waals surface area contributed by atoms with Gasteiger partial charge in [0, 0.05) is 0 Å². The second-order valence-corrected chi connectivity index (χ2v) is 4.31. The molecule has 128 valence electrons. The normalized spacial score (nSPS) is 11.6. The van der Waals surface area contributed by atoms with Crippen molar-refractivity contribution in [1.29, 1.82) is 0 Å². The number of aliphatic carboxylic acids is 2. The summed E-state index contributed by atoms with van der Waals surface area (Å²) >= 11 is 0. The van der Waals surface area contributed by atoms with Crippen molar-refractivity contribution in [3.8, 4) is 0 Å². The molecule has 2 N–H and O–H groups in total. The number of carboxylic acid groups (broad SMARTS) is 2. The van der Waals surface area contributed by atoms with Gasteiger partial charge in [-0.05, 0) is 13.8 Å². The summed E-state index contributed by atoms with van der Waals surface area (Å²) < 4.78 is 14.2. The minimum absolute atomic E-state index is 0.0247. The van der Waals surface area contributed by atoms with Gasteiger partial charge in [0.25, 0.3) is 0 Å². The Hall–Kier alpha value is -2.84. The number of carbonyl (C=O) groups excluding carboxylic acids is 2. The van der Waals surface area contributed by atoms with Crippen molar-refractivity contribution in [2.75, 3.05) is 13.2 Å². The maximum Gasteiger partial charge on any atom is 0.344 e. The first-order valence-corrected chi connectivity index (χ1v) is 6.51. The van der Waals surface area contributed by atoms with Crippen molar-refractivity contribution in [3.05, 3.63) is 23.7 Å². The molecule has 0 saturated carbocycles. The fraction of sp³-hybridized carbons (Fsp3) is 0.429. The summed E-state index contributed by atoms with van der Waals surface area (Å²) in [4.78, 5) is 43.6. The van der Waals surface area contributed by atoms with Crippen LogP contribution in [0.2, 0.25) is 0 Å². The van der Waals surface area contributed by atoms with Crippen LogP contribution in [0.5, 0.6) is 0 Å². The molecule has 0 saturated heterocycles. The van der Waals surface area contributed by atoms with Gasteiger partial charge in [0.15, 0.2) is 0 Å². The molecule has 0 aliphatic rings. The Morgan fingerprint density at radius 3 is 1.43 bits per heavy atom. The van der Waals surface area contributed by atoms with Gasteiger partial charge in [-0.3, -0.25) is 9.59 Å². The lowest BCUT2D eigenvalue weighted by Crippen LogP contribution is -2.14. The molecule has 0 aromatic carbocycles. The zero-order chi connectivity index (χ0) is 17.8. The first-order valence-electron chi connectivity index (χ1n) is 6.51. The van der Waals surface area contributed by atoms with E-state index in [0.29, 0.717) is 0 Å². The molecular weight excluding hydrogens is 312 g/mol. The monoisotopic (exact) mass is 330 g/mol. The Labute approximate surface area is 132 Å². The Morgan fingerprint density at radius 2 is 1.13 bits per heavy atom. The third-order valence-corrected chi connectivity index (χ3v) is 2.22. The minimum atomic E-state index is -1.04. The molecule has 9 heteroatoms. The number of carboxylic acids is 2. The molecule has 0 aliphatic heterocycles. The first-order chi connectivity index (χ1) is 10.7. The fourth-order valence-electron chi connectivity index (χ4n) is 1.00. The van der Waals surface area contributed by atoms with E-state index >= 15 is 0 Å². The summed E-state index contributed by atoms with van der Waals surface area (Å²) in [5, 5.41) is 16.8. The van der Waals surface area contributed by atoms with E-state index in [4.69, 9.17) is 19.7 Å². The molecule has 0 aromatic heterocycles. The number of hydrogen-bond acceptors (Lipinski definition) is 7. The SMILES string of the molecule is CC(=COCCC(=O)O)C(=O)OC(=O)C(C)=COCCC(=O)O. The Morgan fingerprint density at radius 1 is 0.783 bits per heavy atom. The van der Waals surface area contributed by atoms with Crippen LogP contribution < -0.4 is 0 Å². The molecule has 9 nitrogen and oxygen atoms in total. The van der Waals surface area contributed by atoms with Crippen LogP contribution in [0.1, 0.15) is 26.7 Å². The van der Waals surface area contributed by atoms with Crippen LogP contribution in [-0.4, -0.2) is 47.3 Å². The smallest absolute Gasteiger partial charge is 0.344 e. The standard InChI is InChI=1S/C14H18O9/c1-9(7-21-5-3-11(15)16)13(19)23-14(20)10(2)8-22-6-4-12(17)18/h7-8H,3-6H2,1-2H3,(H,15,16)(H,17,18). The van der Waals surface area contributed by atoms with Gasteiger partial charge in [0.2, 0.25) is 0 Å². The van der Waals surface area contributed by atoms with Gasteiger partial charge in [0.1, 0.15) is 0 Å². The predicted molar refractivity (Wildman–Crippen MR) is 75.0 cm³/mol. The maximum atomic E-state index is 11.6. The zero-order valence-electron chi connectivity index (χ0n) is 12.7. The van der Waals surface area contributed by atoms with E-state index in [1.54, 1.807) is 0 Å². The highest BCUT2D eigenvalue weighted by Gasteiger charge is 2.15. The molecule has 0 spiro atoms. The Balaban J connectivity index is 4.27. The predicted octanol–water partition coefficient (Wildman–Crippen LogP) is 0.846. The summed E-state index contributed by atoms with van der Waals surface area (Å²) in [7, 11) is 0. The van der Waals surface area contributed by atoms with Crippen molar-refractivity contribution in [3.63, 3.8) is 0 Å². The quantitative estimate of drug-likeness (QED) is 0.196. The van der Waals surface area contributed by atoms with Gasteiger partial charge in [-0.15, -0.1) is 0 Å². The van der Waals surface area contributed by atoms with Crippen molar-refractivity contribution in [1.82, 2.24) is 0 Å². The second kappa shape index (κ2) is 10.8. The van der Waals surface area contributed by atoms with Crippen LogP contribution in [0.3, 0.4) is 0 Å². The largest absolute Gasteiger partial charge is 0.500 e. The molecule has 0 radical (unpaired) electrons. The zero-order valence-corrected chi connectivity index (χ0v) is 12.7. The highest BCUT2D eigenvalue weighted by atomic mass is 16.6. The molecular formula is C14H18O9. The molecule has 0 bridgehead atoms. The van der Waals surface area contributed by atoms with Crippen LogP contribution in [-0.2, 0) is 33.4 Å². The molecule has 23 heavy (non-hydrogen) atoms. The number of rotatable bonds is 10. The molecule has 0 aliphatic carbocycles. The van der Waals surface area contributed by atoms with E-state index < -0.39 is 23.9 Å². The summed E-state index contributed by atoms with van der Waals surface area (Å²) in [6, 6.07) is 0. The van der Waals surface area contributed by atoms with Gasteiger partial charge in [-0.25, -0.2) is 9.59 Å². The van der Waals surface area contributed by atoms with Gasteiger partial charge in [-0.1, -0.05) is 0 Å². The molecule has 0 amide bonds. The molecule has 0 aromatic rings. The number of carbonyl (C=O) groups is 4. The van der Waals surface area contributed by atoms with Gasteiger partial charge in [0.05, 0.1) is 49.7 Å². The van der Waals surface area contributed by atoms with Crippen LogP contribution in [0.25, 0.3) is 0 Å². The summed E-state index contributed by atoms with van der Waals surface area (Å²) in [5.41, 5.74) is -0.0494.